The van der Waals surface area contributed by atoms with Crippen LogP contribution < -0.4 is 15.0 Å². The van der Waals surface area contributed by atoms with Crippen LogP contribution in [-0.2, 0) is 11.3 Å². The summed E-state index contributed by atoms with van der Waals surface area (Å²) >= 11 is 0. The van der Waals surface area contributed by atoms with E-state index >= 15 is 0 Å². The van der Waals surface area contributed by atoms with Crippen LogP contribution in [0.25, 0.3) is 16.7 Å². The van der Waals surface area contributed by atoms with Gasteiger partial charge in [0.05, 0.1) is 32.1 Å². The highest BCUT2D eigenvalue weighted by Gasteiger charge is 2.32. The van der Waals surface area contributed by atoms with Gasteiger partial charge in [0.1, 0.15) is 29.8 Å². The third-order valence-electron chi connectivity index (χ3n) is 6.68. The first kappa shape index (κ1) is 23.6. The van der Waals surface area contributed by atoms with E-state index in [0.29, 0.717) is 29.1 Å². The Bertz CT molecular complexity index is 1490. The molecule has 1 aliphatic rings. The number of rotatable bonds is 6. The molecule has 1 amide bonds. The van der Waals surface area contributed by atoms with Crippen molar-refractivity contribution < 1.29 is 14.3 Å². The maximum atomic E-state index is 13.4. The minimum atomic E-state index is -0.293. The van der Waals surface area contributed by atoms with Gasteiger partial charge >= 0.3 is 0 Å². The molecule has 1 unspecified atom stereocenters. The highest BCUT2D eigenvalue weighted by Crippen LogP contribution is 2.39. The molecule has 1 fully saturated rings. The predicted molar refractivity (Wildman–Crippen MR) is 136 cm³/mol. The van der Waals surface area contributed by atoms with E-state index in [-0.39, 0.29) is 24.1 Å². The molecule has 5 rings (SSSR count). The second-order valence-electron chi connectivity index (χ2n) is 9.17. The zero-order chi connectivity index (χ0) is 25.4. The average Bonchev–Trinajstić information content (AvgIpc) is 3.52. The molecule has 0 aliphatic carbocycles. The molecule has 0 bridgehead atoms. The number of amides is 1. The Hall–Kier alpha value is -4.14. The van der Waals surface area contributed by atoms with Crippen LogP contribution in [0.5, 0.6) is 11.5 Å². The molecule has 3 heterocycles. The highest BCUT2D eigenvalue weighted by molar-refractivity contribution is 5.79. The average molecular weight is 488 g/mol. The lowest BCUT2D eigenvalue weighted by Gasteiger charge is -2.27. The van der Waals surface area contributed by atoms with Gasteiger partial charge in [0.2, 0.25) is 5.91 Å². The van der Waals surface area contributed by atoms with Crippen molar-refractivity contribution in [3.05, 3.63) is 76.0 Å². The maximum Gasteiger partial charge on any atom is 0.264 e. The number of ether oxygens (including phenoxy) is 2. The van der Waals surface area contributed by atoms with Crippen molar-refractivity contribution in [3.63, 3.8) is 0 Å². The first-order chi connectivity index (χ1) is 17.4. The topological polar surface area (TPSA) is 91.5 Å². The van der Waals surface area contributed by atoms with Crippen LogP contribution in [0.1, 0.15) is 35.6 Å². The van der Waals surface area contributed by atoms with Gasteiger partial charge in [-0.3, -0.25) is 14.2 Å². The molecule has 2 aromatic heterocycles. The van der Waals surface area contributed by atoms with E-state index in [1.807, 2.05) is 49.1 Å². The fourth-order valence-electron chi connectivity index (χ4n) is 5.05. The number of fused-ring (bicyclic) bond motifs is 1. The summed E-state index contributed by atoms with van der Waals surface area (Å²) in [6, 6.07) is 11.5. The van der Waals surface area contributed by atoms with Crippen LogP contribution in [0.15, 0.2) is 53.7 Å². The van der Waals surface area contributed by atoms with Crippen molar-refractivity contribution in [3.8, 4) is 17.2 Å². The van der Waals surface area contributed by atoms with Gasteiger partial charge in [-0.2, -0.15) is 5.10 Å². The van der Waals surface area contributed by atoms with Crippen molar-refractivity contribution >= 4 is 16.9 Å². The number of aromatic nitrogens is 4. The Balaban J connectivity index is 1.43. The molecule has 1 saturated heterocycles. The van der Waals surface area contributed by atoms with E-state index in [4.69, 9.17) is 9.47 Å². The lowest BCUT2D eigenvalue weighted by atomic mass is 10.0. The normalized spacial score (nSPS) is 15.4. The predicted octanol–water partition coefficient (Wildman–Crippen LogP) is 3.58. The van der Waals surface area contributed by atoms with E-state index in [1.54, 1.807) is 18.9 Å². The lowest BCUT2D eigenvalue weighted by Crippen LogP contribution is -2.36. The van der Waals surface area contributed by atoms with Gasteiger partial charge in [0, 0.05) is 12.1 Å². The first-order valence-electron chi connectivity index (χ1n) is 11.9. The van der Waals surface area contributed by atoms with Gasteiger partial charge in [-0.05, 0) is 68.1 Å². The van der Waals surface area contributed by atoms with Crippen molar-refractivity contribution in [1.82, 2.24) is 24.2 Å². The number of likely N-dealkylation sites (tertiary alicyclic amines) is 1. The first-order valence-corrected chi connectivity index (χ1v) is 11.9. The van der Waals surface area contributed by atoms with Crippen LogP contribution in [0.3, 0.4) is 0 Å². The molecule has 186 valence electrons. The summed E-state index contributed by atoms with van der Waals surface area (Å²) in [7, 11) is 3.23. The van der Waals surface area contributed by atoms with E-state index in [9.17, 15) is 9.59 Å². The number of hydrogen-bond donors (Lipinski definition) is 0. The molecule has 1 atom stereocenters. The number of carbonyl (C=O) groups is 1. The smallest absolute Gasteiger partial charge is 0.264 e. The Morgan fingerprint density at radius 1 is 1.08 bits per heavy atom. The van der Waals surface area contributed by atoms with Gasteiger partial charge in [-0.25, -0.2) is 9.67 Å². The van der Waals surface area contributed by atoms with Crippen LogP contribution in [-0.4, -0.2) is 50.9 Å². The molecule has 0 spiro atoms. The fourth-order valence-corrected chi connectivity index (χ4v) is 5.05. The summed E-state index contributed by atoms with van der Waals surface area (Å²) in [4.78, 5) is 33.0. The molecular formula is C27H29N5O4. The number of hydrogen-bond acceptors (Lipinski definition) is 6. The second kappa shape index (κ2) is 9.49. The molecule has 9 nitrogen and oxygen atoms in total. The third-order valence-corrected chi connectivity index (χ3v) is 6.68. The monoisotopic (exact) mass is 487 g/mol. The van der Waals surface area contributed by atoms with Gasteiger partial charge in [0.15, 0.2) is 5.65 Å². The van der Waals surface area contributed by atoms with Crippen LogP contribution in [0.4, 0.5) is 0 Å². The molecule has 9 heteroatoms. The minimum Gasteiger partial charge on any atom is -0.497 e. The summed E-state index contributed by atoms with van der Waals surface area (Å²) in [5.41, 5.74) is 4.11. The summed E-state index contributed by atoms with van der Waals surface area (Å²) in [5.74, 6) is 1.27. The molecule has 0 saturated carbocycles. The molecule has 4 aromatic rings. The lowest BCUT2D eigenvalue weighted by molar-refractivity contribution is -0.132. The van der Waals surface area contributed by atoms with Crippen LogP contribution >= 0.6 is 0 Å². The SMILES string of the molecule is COc1ccc(OC)c(C2CCCN2C(=O)Cn2cnc3c(cnn3-c3cc(C)cc(C)c3)c2=O)c1. The van der Waals surface area contributed by atoms with E-state index < -0.39 is 0 Å². The standard InChI is InChI=1S/C27H29N5O4/c1-17-10-18(2)12-19(11-17)32-26-22(14-29-32)27(34)30(16-28-26)15-25(33)31-9-5-6-23(31)21-13-20(35-3)7-8-24(21)36-4/h7-8,10-14,16,23H,5-6,9,15H2,1-4H3. The summed E-state index contributed by atoms with van der Waals surface area (Å²) in [6.45, 7) is 4.54. The molecule has 0 N–H and O–H groups in total. The molecule has 0 radical (unpaired) electrons. The summed E-state index contributed by atoms with van der Waals surface area (Å²) in [5, 5.41) is 4.79. The Kier molecular flexibility index (Phi) is 6.22. The van der Waals surface area contributed by atoms with Gasteiger partial charge in [0.25, 0.3) is 5.56 Å². The second-order valence-corrected chi connectivity index (χ2v) is 9.17. The number of carbonyl (C=O) groups excluding carboxylic acids is 1. The number of benzene rings is 2. The van der Waals surface area contributed by atoms with Crippen molar-refractivity contribution in [2.45, 2.75) is 39.3 Å². The summed E-state index contributed by atoms with van der Waals surface area (Å²) < 4.78 is 14.0. The summed E-state index contributed by atoms with van der Waals surface area (Å²) in [6.07, 6.45) is 4.62. The van der Waals surface area contributed by atoms with Crippen molar-refractivity contribution in [1.29, 1.82) is 0 Å². The number of nitrogens with zero attached hydrogens (tertiary/aromatic N) is 5. The van der Waals surface area contributed by atoms with Gasteiger partial charge in [-0.1, -0.05) is 6.07 Å². The van der Waals surface area contributed by atoms with Crippen LogP contribution in [0.2, 0.25) is 0 Å². The molecular weight excluding hydrogens is 458 g/mol. The zero-order valence-corrected chi connectivity index (χ0v) is 20.9. The van der Waals surface area contributed by atoms with Crippen molar-refractivity contribution in [2.75, 3.05) is 20.8 Å². The highest BCUT2D eigenvalue weighted by atomic mass is 16.5. The Morgan fingerprint density at radius 2 is 1.86 bits per heavy atom. The number of methoxy groups -OCH3 is 2. The number of aryl methyl sites for hydroxylation is 2. The third kappa shape index (κ3) is 4.21. The zero-order valence-electron chi connectivity index (χ0n) is 20.9. The quantitative estimate of drug-likeness (QED) is 0.413. The Morgan fingerprint density at radius 3 is 2.58 bits per heavy atom. The van der Waals surface area contributed by atoms with E-state index in [1.165, 1.54) is 17.1 Å². The van der Waals surface area contributed by atoms with Gasteiger partial charge in [-0.15, -0.1) is 0 Å². The van der Waals surface area contributed by atoms with E-state index in [2.05, 4.69) is 16.1 Å². The fraction of sp³-hybridized carbons (Fsp3) is 0.333. The van der Waals surface area contributed by atoms with Gasteiger partial charge < -0.3 is 14.4 Å². The van der Waals surface area contributed by atoms with Crippen molar-refractivity contribution in [2.24, 2.45) is 0 Å². The molecule has 1 aliphatic heterocycles. The minimum absolute atomic E-state index is 0.0979. The molecule has 2 aromatic carbocycles. The van der Waals surface area contributed by atoms with Crippen LogP contribution in [0, 0.1) is 13.8 Å². The maximum absolute atomic E-state index is 13.4. The van der Waals surface area contributed by atoms with E-state index in [0.717, 1.165) is 35.2 Å². The largest absolute Gasteiger partial charge is 0.497 e. The molecule has 36 heavy (non-hydrogen) atoms. The Labute approximate surface area is 208 Å².